The standard InChI is InChI=1S/C11H12BrNO3/c1-2-16-10(14)6-4-8-13-7-3-5-9(12)11(13)15/h3-7H,2,8H2,1H3/b6-4+. The fourth-order valence-electron chi connectivity index (χ4n) is 1.10. The van der Waals surface area contributed by atoms with Gasteiger partial charge in [0.05, 0.1) is 11.1 Å². The topological polar surface area (TPSA) is 48.3 Å². The maximum absolute atomic E-state index is 11.5. The molecule has 0 fully saturated rings. The molecule has 16 heavy (non-hydrogen) atoms. The van der Waals surface area contributed by atoms with Crippen LogP contribution in [0.4, 0.5) is 0 Å². The Balaban J connectivity index is 2.65. The molecule has 1 heterocycles. The third kappa shape index (κ3) is 3.66. The monoisotopic (exact) mass is 285 g/mol. The Kier molecular flexibility index (Phi) is 4.98. The maximum atomic E-state index is 11.5. The van der Waals surface area contributed by atoms with E-state index in [0.29, 0.717) is 17.6 Å². The fourth-order valence-corrected chi connectivity index (χ4v) is 1.48. The quantitative estimate of drug-likeness (QED) is 0.625. The van der Waals surface area contributed by atoms with Crippen molar-refractivity contribution in [1.82, 2.24) is 4.57 Å². The highest BCUT2D eigenvalue weighted by atomic mass is 79.9. The highest BCUT2D eigenvalue weighted by Gasteiger charge is 1.98. The van der Waals surface area contributed by atoms with Crippen LogP contribution in [0.25, 0.3) is 0 Å². The average Bonchev–Trinajstić information content (AvgIpc) is 2.25. The lowest BCUT2D eigenvalue weighted by Crippen LogP contribution is -2.18. The molecule has 1 aromatic rings. The van der Waals surface area contributed by atoms with Crippen LogP contribution in [0, 0.1) is 0 Å². The van der Waals surface area contributed by atoms with E-state index in [2.05, 4.69) is 15.9 Å². The Morgan fingerprint density at radius 2 is 2.38 bits per heavy atom. The predicted octanol–water partition coefficient (Wildman–Crippen LogP) is 1.73. The lowest BCUT2D eigenvalue weighted by molar-refractivity contribution is -0.137. The lowest BCUT2D eigenvalue weighted by Gasteiger charge is -2.01. The van der Waals surface area contributed by atoms with Crippen LogP contribution in [-0.2, 0) is 16.1 Å². The van der Waals surface area contributed by atoms with Crippen LogP contribution in [0.2, 0.25) is 0 Å². The zero-order valence-corrected chi connectivity index (χ0v) is 10.4. The van der Waals surface area contributed by atoms with Crippen LogP contribution in [0.15, 0.2) is 39.7 Å². The largest absolute Gasteiger partial charge is 0.463 e. The summed E-state index contributed by atoms with van der Waals surface area (Å²) in [7, 11) is 0. The van der Waals surface area contributed by atoms with Gasteiger partial charge in [0.15, 0.2) is 0 Å². The number of hydrogen-bond acceptors (Lipinski definition) is 3. The molecule has 86 valence electrons. The first-order valence-corrected chi connectivity index (χ1v) is 5.62. The van der Waals surface area contributed by atoms with Crippen molar-refractivity contribution in [1.29, 1.82) is 0 Å². The van der Waals surface area contributed by atoms with Crippen LogP contribution in [0.5, 0.6) is 0 Å². The van der Waals surface area contributed by atoms with E-state index in [-0.39, 0.29) is 5.56 Å². The van der Waals surface area contributed by atoms with Gasteiger partial charge < -0.3 is 9.30 Å². The first-order valence-electron chi connectivity index (χ1n) is 4.83. The molecule has 0 spiro atoms. The molecule has 1 aromatic heterocycles. The van der Waals surface area contributed by atoms with Crippen LogP contribution in [-0.4, -0.2) is 17.1 Å². The highest BCUT2D eigenvalue weighted by molar-refractivity contribution is 9.10. The number of carbonyl (C=O) groups excluding carboxylic acids is 1. The van der Waals surface area contributed by atoms with Crippen molar-refractivity contribution >= 4 is 21.9 Å². The number of carbonyl (C=O) groups is 1. The van der Waals surface area contributed by atoms with Crippen molar-refractivity contribution in [3.8, 4) is 0 Å². The summed E-state index contributed by atoms with van der Waals surface area (Å²) in [6, 6.07) is 3.43. The molecule has 0 bridgehead atoms. The van der Waals surface area contributed by atoms with Gasteiger partial charge in [-0.2, -0.15) is 0 Å². The second-order valence-electron chi connectivity index (χ2n) is 2.97. The van der Waals surface area contributed by atoms with E-state index in [1.807, 2.05) is 0 Å². The van der Waals surface area contributed by atoms with Crippen LogP contribution < -0.4 is 5.56 Å². The third-order valence-electron chi connectivity index (χ3n) is 1.82. The molecule has 0 saturated carbocycles. The van der Waals surface area contributed by atoms with Gasteiger partial charge in [-0.15, -0.1) is 0 Å². The summed E-state index contributed by atoms with van der Waals surface area (Å²) in [5.41, 5.74) is -0.129. The lowest BCUT2D eigenvalue weighted by atomic mass is 10.4. The Labute approximate surface area is 102 Å². The number of allylic oxidation sites excluding steroid dienone is 1. The number of esters is 1. The van der Waals surface area contributed by atoms with Gasteiger partial charge in [-0.25, -0.2) is 4.79 Å². The van der Waals surface area contributed by atoms with E-state index in [0.717, 1.165) is 0 Å². The van der Waals surface area contributed by atoms with Crippen molar-refractivity contribution in [2.24, 2.45) is 0 Å². The van der Waals surface area contributed by atoms with Crippen molar-refractivity contribution in [2.45, 2.75) is 13.5 Å². The SMILES string of the molecule is CCOC(=O)/C=C/Cn1cccc(Br)c1=O. The summed E-state index contributed by atoms with van der Waals surface area (Å²) in [5.74, 6) is -0.398. The summed E-state index contributed by atoms with van der Waals surface area (Å²) in [5, 5.41) is 0. The van der Waals surface area contributed by atoms with Gasteiger partial charge in [0.1, 0.15) is 0 Å². The number of pyridine rings is 1. The number of hydrogen-bond donors (Lipinski definition) is 0. The fraction of sp³-hybridized carbons (Fsp3) is 0.273. The van der Waals surface area contributed by atoms with Gasteiger partial charge in [0, 0.05) is 18.8 Å². The molecular formula is C11H12BrNO3. The van der Waals surface area contributed by atoms with Gasteiger partial charge in [0.2, 0.25) is 0 Å². The second kappa shape index (κ2) is 6.27. The Morgan fingerprint density at radius 1 is 1.62 bits per heavy atom. The number of nitrogens with zero attached hydrogens (tertiary/aromatic N) is 1. The molecule has 0 atom stereocenters. The first-order chi connectivity index (χ1) is 7.65. The van der Waals surface area contributed by atoms with E-state index in [1.54, 1.807) is 31.3 Å². The predicted molar refractivity (Wildman–Crippen MR) is 64.2 cm³/mol. The van der Waals surface area contributed by atoms with Gasteiger partial charge >= 0.3 is 5.97 Å². The minimum Gasteiger partial charge on any atom is -0.463 e. The number of aromatic nitrogens is 1. The molecular weight excluding hydrogens is 274 g/mol. The average molecular weight is 286 g/mol. The number of ether oxygens (including phenoxy) is 1. The summed E-state index contributed by atoms with van der Waals surface area (Å²) in [4.78, 5) is 22.5. The molecule has 0 aromatic carbocycles. The normalized spacial score (nSPS) is 10.6. The van der Waals surface area contributed by atoms with Crippen molar-refractivity contribution in [2.75, 3.05) is 6.61 Å². The minimum atomic E-state index is -0.398. The Hall–Kier alpha value is -1.36. The molecule has 1 rings (SSSR count). The van der Waals surface area contributed by atoms with E-state index >= 15 is 0 Å². The van der Waals surface area contributed by atoms with Crippen LogP contribution >= 0.6 is 15.9 Å². The molecule has 0 aliphatic rings. The molecule has 0 unspecified atom stereocenters. The van der Waals surface area contributed by atoms with Crippen LogP contribution in [0.1, 0.15) is 6.92 Å². The summed E-state index contributed by atoms with van der Waals surface area (Å²) >= 11 is 3.14. The minimum absolute atomic E-state index is 0.129. The first kappa shape index (κ1) is 12.7. The van der Waals surface area contributed by atoms with Gasteiger partial charge in [-0.3, -0.25) is 4.79 Å². The van der Waals surface area contributed by atoms with Crippen molar-refractivity contribution in [3.63, 3.8) is 0 Å². The van der Waals surface area contributed by atoms with Gasteiger partial charge in [-0.05, 0) is 35.0 Å². The Morgan fingerprint density at radius 3 is 3.06 bits per heavy atom. The molecule has 0 aliphatic carbocycles. The van der Waals surface area contributed by atoms with Gasteiger partial charge in [-0.1, -0.05) is 6.08 Å². The summed E-state index contributed by atoms with van der Waals surface area (Å²) in [6.07, 6.45) is 4.56. The van der Waals surface area contributed by atoms with Crippen LogP contribution in [0.3, 0.4) is 0 Å². The number of rotatable bonds is 4. The number of halogens is 1. The molecule has 0 saturated heterocycles. The molecule has 0 amide bonds. The van der Waals surface area contributed by atoms with Gasteiger partial charge in [0.25, 0.3) is 5.56 Å². The smallest absolute Gasteiger partial charge is 0.330 e. The van der Waals surface area contributed by atoms with E-state index in [4.69, 9.17) is 4.74 Å². The van der Waals surface area contributed by atoms with Crippen molar-refractivity contribution in [3.05, 3.63) is 45.3 Å². The summed E-state index contributed by atoms with van der Waals surface area (Å²) < 4.78 is 6.70. The molecule has 5 heteroatoms. The molecule has 0 aliphatic heterocycles. The zero-order valence-electron chi connectivity index (χ0n) is 8.85. The zero-order chi connectivity index (χ0) is 12.0. The molecule has 4 nitrogen and oxygen atoms in total. The van der Waals surface area contributed by atoms with E-state index in [9.17, 15) is 9.59 Å². The highest BCUT2D eigenvalue weighted by Crippen LogP contribution is 2.00. The Bertz CT molecular complexity index is 451. The molecule has 0 N–H and O–H groups in total. The van der Waals surface area contributed by atoms with E-state index in [1.165, 1.54) is 10.6 Å². The molecule has 0 radical (unpaired) electrons. The summed E-state index contributed by atoms with van der Waals surface area (Å²) in [6.45, 7) is 2.43. The maximum Gasteiger partial charge on any atom is 0.330 e. The second-order valence-corrected chi connectivity index (χ2v) is 3.82. The third-order valence-corrected chi connectivity index (χ3v) is 2.42. The van der Waals surface area contributed by atoms with E-state index < -0.39 is 5.97 Å². The van der Waals surface area contributed by atoms with Crippen molar-refractivity contribution < 1.29 is 9.53 Å².